The van der Waals surface area contributed by atoms with Crippen LogP contribution in [0.1, 0.15) is 99.0 Å². The normalized spacial score (nSPS) is 14.2. The van der Waals surface area contributed by atoms with Gasteiger partial charge in [0.25, 0.3) is 0 Å². The summed E-state index contributed by atoms with van der Waals surface area (Å²) in [5.74, 6) is -0.341. The molecule has 0 saturated heterocycles. The molecule has 0 bridgehead atoms. The van der Waals surface area contributed by atoms with Crippen LogP contribution in [0.3, 0.4) is 0 Å². The van der Waals surface area contributed by atoms with Crippen LogP contribution in [0.2, 0.25) is 0 Å². The average Bonchev–Trinajstić information content (AvgIpc) is 2.54. The molecule has 1 atom stereocenters. The minimum Gasteiger partial charge on any atom is -0.481 e. The van der Waals surface area contributed by atoms with E-state index in [0.717, 1.165) is 12.8 Å². The van der Waals surface area contributed by atoms with Gasteiger partial charge in [-0.1, -0.05) is 104 Å². The Balaban J connectivity index is 3.49. The van der Waals surface area contributed by atoms with Gasteiger partial charge in [-0.3, -0.25) is 4.79 Å². The number of hydrogen-bond acceptors (Lipinski definition) is 1. The van der Waals surface area contributed by atoms with Gasteiger partial charge in [-0.2, -0.15) is 0 Å². The van der Waals surface area contributed by atoms with Gasteiger partial charge in [-0.25, -0.2) is 0 Å². The smallest absolute Gasteiger partial charge is 0.303 e. The van der Waals surface area contributed by atoms with Gasteiger partial charge in [0.15, 0.2) is 0 Å². The molecule has 0 aliphatic heterocycles. The molecule has 0 aromatic heterocycles. The molecular formula is C25H42O2. The second-order valence-electron chi connectivity index (χ2n) is 10.2. The summed E-state index contributed by atoms with van der Waals surface area (Å²) in [4.78, 5) is 11.4. The van der Waals surface area contributed by atoms with Gasteiger partial charge in [-0.05, 0) is 35.2 Å². The lowest BCUT2D eigenvalue weighted by atomic mass is 9.45. The highest BCUT2D eigenvalue weighted by molar-refractivity contribution is 5.66. The molecule has 1 N–H and O–H groups in total. The number of carboxylic acid groups (broad SMARTS) is 1. The van der Waals surface area contributed by atoms with Gasteiger partial charge in [-0.15, -0.1) is 0 Å². The summed E-state index contributed by atoms with van der Waals surface area (Å²) < 4.78 is 0. The van der Waals surface area contributed by atoms with E-state index in [4.69, 9.17) is 0 Å². The Morgan fingerprint density at radius 3 is 1.89 bits per heavy atom. The Kier molecular flexibility index (Phi) is 8.57. The average molecular weight is 375 g/mol. The van der Waals surface area contributed by atoms with E-state index < -0.39 is 5.97 Å². The second-order valence-corrected chi connectivity index (χ2v) is 10.2. The maximum Gasteiger partial charge on any atom is 0.303 e. The third-order valence-electron chi connectivity index (χ3n) is 6.32. The Hall–Kier alpha value is -1.31. The first kappa shape index (κ1) is 23.7. The highest BCUT2D eigenvalue weighted by atomic mass is 16.4. The van der Waals surface area contributed by atoms with E-state index >= 15 is 0 Å². The maximum atomic E-state index is 11.4. The number of aliphatic carboxylic acids is 1. The van der Waals surface area contributed by atoms with Crippen LogP contribution in [0.15, 0.2) is 30.3 Å². The van der Waals surface area contributed by atoms with E-state index in [1.54, 1.807) is 0 Å². The first-order valence-corrected chi connectivity index (χ1v) is 10.8. The van der Waals surface area contributed by atoms with Crippen LogP contribution in [-0.2, 0) is 10.2 Å². The summed E-state index contributed by atoms with van der Waals surface area (Å²) >= 11 is 0. The van der Waals surface area contributed by atoms with Crippen molar-refractivity contribution >= 4 is 5.97 Å². The molecule has 0 saturated carbocycles. The lowest BCUT2D eigenvalue weighted by Crippen LogP contribution is -2.55. The van der Waals surface area contributed by atoms with E-state index in [1.807, 2.05) is 0 Å². The number of hydrogen-bond donors (Lipinski definition) is 1. The summed E-state index contributed by atoms with van der Waals surface area (Å²) in [5.41, 5.74) is 1.29. The fourth-order valence-corrected chi connectivity index (χ4v) is 5.85. The molecule has 0 fully saturated rings. The van der Waals surface area contributed by atoms with Gasteiger partial charge in [0.1, 0.15) is 0 Å². The third kappa shape index (κ3) is 5.59. The predicted octanol–water partition coefficient (Wildman–Crippen LogP) is 7.47. The summed E-state index contributed by atoms with van der Waals surface area (Å²) in [6.07, 6.45) is 6.98. The molecule has 2 nitrogen and oxygen atoms in total. The number of rotatable bonds is 10. The fourth-order valence-electron chi connectivity index (χ4n) is 5.85. The Morgan fingerprint density at radius 1 is 0.889 bits per heavy atom. The molecule has 0 amide bonds. The molecule has 0 heterocycles. The van der Waals surface area contributed by atoms with Gasteiger partial charge in [0.2, 0.25) is 0 Å². The molecule has 1 rings (SSSR count). The molecule has 0 aliphatic rings. The number of carbonyl (C=O) groups is 1. The van der Waals surface area contributed by atoms with Crippen molar-refractivity contribution in [3.63, 3.8) is 0 Å². The van der Waals surface area contributed by atoms with Crippen molar-refractivity contribution < 1.29 is 9.90 Å². The first-order chi connectivity index (χ1) is 12.5. The summed E-state index contributed by atoms with van der Waals surface area (Å²) in [6.45, 7) is 16.3. The van der Waals surface area contributed by atoms with E-state index in [-0.39, 0.29) is 22.7 Å². The fraction of sp³-hybridized carbons (Fsp3) is 0.720. The largest absolute Gasteiger partial charge is 0.481 e. The van der Waals surface area contributed by atoms with Crippen LogP contribution in [-0.4, -0.2) is 11.1 Å². The number of benzene rings is 1. The Bertz CT molecular complexity index is 546. The van der Waals surface area contributed by atoms with Crippen molar-refractivity contribution in [2.75, 3.05) is 0 Å². The topological polar surface area (TPSA) is 37.3 Å². The molecule has 27 heavy (non-hydrogen) atoms. The minimum absolute atomic E-state index is 0.0144. The molecule has 1 unspecified atom stereocenters. The standard InChI is InChI=1S/C25H42O2/c1-8-9-10-12-17-21(18-19-22(26)27)25(23(2,3)4,24(5,6)7)20-15-13-11-14-16-20/h11,13-16,21H,8-10,12,17-19H2,1-7H3,(H,26,27). The van der Waals surface area contributed by atoms with Gasteiger partial charge in [0, 0.05) is 11.8 Å². The Morgan fingerprint density at radius 2 is 1.44 bits per heavy atom. The molecule has 1 aromatic carbocycles. The Labute approximate surface area is 167 Å². The zero-order valence-electron chi connectivity index (χ0n) is 18.8. The molecule has 0 spiro atoms. The molecular weight excluding hydrogens is 332 g/mol. The zero-order chi connectivity index (χ0) is 20.7. The van der Waals surface area contributed by atoms with Crippen LogP contribution in [0.25, 0.3) is 0 Å². The van der Waals surface area contributed by atoms with Gasteiger partial charge in [0.05, 0.1) is 0 Å². The summed E-state index contributed by atoms with van der Waals surface area (Å²) in [6, 6.07) is 10.9. The highest BCUT2D eigenvalue weighted by Gasteiger charge is 2.55. The minimum atomic E-state index is -0.682. The predicted molar refractivity (Wildman–Crippen MR) is 116 cm³/mol. The second kappa shape index (κ2) is 9.75. The number of unbranched alkanes of at least 4 members (excludes halogenated alkanes) is 3. The van der Waals surface area contributed by atoms with Crippen molar-refractivity contribution in [1.82, 2.24) is 0 Å². The van der Waals surface area contributed by atoms with Crippen molar-refractivity contribution in [1.29, 1.82) is 0 Å². The lowest BCUT2D eigenvalue weighted by Gasteiger charge is -2.59. The molecule has 154 valence electrons. The van der Waals surface area contributed by atoms with Crippen molar-refractivity contribution in [3.8, 4) is 0 Å². The zero-order valence-corrected chi connectivity index (χ0v) is 18.8. The highest BCUT2D eigenvalue weighted by Crippen LogP contribution is 2.59. The SMILES string of the molecule is CCCCCCC(CCC(=O)O)C(c1ccccc1)(C(C)(C)C)C(C)(C)C. The van der Waals surface area contributed by atoms with E-state index in [2.05, 4.69) is 78.8 Å². The van der Waals surface area contributed by atoms with Crippen molar-refractivity contribution in [3.05, 3.63) is 35.9 Å². The molecule has 2 heteroatoms. The molecule has 0 aliphatic carbocycles. The molecule has 0 radical (unpaired) electrons. The lowest BCUT2D eigenvalue weighted by molar-refractivity contribution is -0.138. The number of carboxylic acids is 1. The van der Waals surface area contributed by atoms with Crippen LogP contribution in [0, 0.1) is 16.7 Å². The first-order valence-electron chi connectivity index (χ1n) is 10.8. The van der Waals surface area contributed by atoms with Crippen molar-refractivity contribution in [2.45, 2.75) is 98.8 Å². The van der Waals surface area contributed by atoms with Crippen molar-refractivity contribution in [2.24, 2.45) is 16.7 Å². The van der Waals surface area contributed by atoms with E-state index in [1.165, 1.54) is 31.2 Å². The van der Waals surface area contributed by atoms with Crippen LogP contribution in [0.4, 0.5) is 0 Å². The van der Waals surface area contributed by atoms with Gasteiger partial charge >= 0.3 is 5.97 Å². The third-order valence-corrected chi connectivity index (χ3v) is 6.32. The molecule has 1 aromatic rings. The van der Waals surface area contributed by atoms with E-state index in [0.29, 0.717) is 5.92 Å². The van der Waals surface area contributed by atoms with Crippen LogP contribution < -0.4 is 0 Å². The maximum absolute atomic E-state index is 11.4. The monoisotopic (exact) mass is 374 g/mol. The van der Waals surface area contributed by atoms with Crippen LogP contribution >= 0.6 is 0 Å². The quantitative estimate of drug-likeness (QED) is 0.431. The van der Waals surface area contributed by atoms with Gasteiger partial charge < -0.3 is 5.11 Å². The van der Waals surface area contributed by atoms with Crippen LogP contribution in [0.5, 0.6) is 0 Å². The summed E-state index contributed by atoms with van der Waals surface area (Å²) in [7, 11) is 0. The van der Waals surface area contributed by atoms with E-state index in [9.17, 15) is 9.90 Å². The summed E-state index contributed by atoms with van der Waals surface area (Å²) in [5, 5.41) is 9.41.